The zero-order valence-corrected chi connectivity index (χ0v) is 7.61. The molecule has 0 aliphatic heterocycles. The second kappa shape index (κ2) is 2.69. The second-order valence-corrected chi connectivity index (χ2v) is 3.07. The number of aryl methyl sites for hydroxylation is 2. The number of carbonyl (C=O) groups is 1. The molecule has 0 unspecified atom stereocenters. The highest BCUT2D eigenvalue weighted by Crippen LogP contribution is 2.19. The molecular weight excluding hydrogens is 164 g/mol. The summed E-state index contributed by atoms with van der Waals surface area (Å²) in [5.74, 6) is 0. The molecule has 0 N–H and O–H groups in total. The summed E-state index contributed by atoms with van der Waals surface area (Å²) in [7, 11) is 1.88. The average molecular weight is 174 g/mol. The quantitative estimate of drug-likeness (QED) is 0.617. The highest BCUT2D eigenvalue weighted by atomic mass is 16.1. The van der Waals surface area contributed by atoms with Gasteiger partial charge in [0, 0.05) is 23.7 Å². The average Bonchev–Trinajstić information content (AvgIpc) is 2.43. The maximum atomic E-state index is 10.7. The molecule has 0 radical (unpaired) electrons. The Kier molecular flexibility index (Phi) is 1.65. The smallest absolute Gasteiger partial charge is 0.152 e. The van der Waals surface area contributed by atoms with Crippen LogP contribution in [0.4, 0.5) is 0 Å². The minimum atomic E-state index is 0.654. The Morgan fingerprint density at radius 3 is 2.92 bits per heavy atom. The predicted molar refractivity (Wildman–Crippen MR) is 50.8 cm³/mol. The minimum Gasteiger partial charge on any atom is -0.298 e. The third-order valence-electron chi connectivity index (χ3n) is 2.32. The van der Waals surface area contributed by atoms with Crippen molar-refractivity contribution < 1.29 is 4.79 Å². The van der Waals surface area contributed by atoms with E-state index in [0.717, 1.165) is 22.9 Å². The van der Waals surface area contributed by atoms with Crippen molar-refractivity contribution in [2.45, 2.75) is 6.92 Å². The van der Waals surface area contributed by atoms with E-state index in [1.165, 1.54) is 0 Å². The monoisotopic (exact) mass is 174 g/mol. The summed E-state index contributed by atoms with van der Waals surface area (Å²) in [6.45, 7) is 1.99. The van der Waals surface area contributed by atoms with Crippen molar-refractivity contribution in [1.29, 1.82) is 0 Å². The van der Waals surface area contributed by atoms with Crippen LogP contribution in [0, 0.1) is 6.92 Å². The van der Waals surface area contributed by atoms with Gasteiger partial charge in [-0.2, -0.15) is 5.10 Å². The topological polar surface area (TPSA) is 34.9 Å². The molecule has 0 fully saturated rings. The molecule has 0 saturated heterocycles. The van der Waals surface area contributed by atoms with E-state index in [2.05, 4.69) is 5.10 Å². The van der Waals surface area contributed by atoms with Gasteiger partial charge in [0.1, 0.15) is 5.52 Å². The summed E-state index contributed by atoms with van der Waals surface area (Å²) in [5.41, 5.74) is 2.53. The van der Waals surface area contributed by atoms with E-state index in [4.69, 9.17) is 0 Å². The summed E-state index contributed by atoms with van der Waals surface area (Å²) in [6, 6.07) is 5.63. The standard InChI is InChI=1S/C10H10N2O/c1-7-9-5-3-4-8(6-13)10(9)11-12(7)2/h3-6H,1-2H3. The lowest BCUT2D eigenvalue weighted by Crippen LogP contribution is -1.91. The molecule has 3 nitrogen and oxygen atoms in total. The molecule has 0 amide bonds. The maximum absolute atomic E-state index is 10.7. The van der Waals surface area contributed by atoms with Gasteiger partial charge in [0.2, 0.25) is 0 Å². The van der Waals surface area contributed by atoms with Crippen LogP contribution in [0.2, 0.25) is 0 Å². The van der Waals surface area contributed by atoms with Crippen LogP contribution in [0.3, 0.4) is 0 Å². The summed E-state index contributed by atoms with van der Waals surface area (Å²) in [4.78, 5) is 10.7. The first-order valence-corrected chi connectivity index (χ1v) is 4.11. The lowest BCUT2D eigenvalue weighted by atomic mass is 10.1. The van der Waals surface area contributed by atoms with Crippen LogP contribution in [-0.2, 0) is 7.05 Å². The number of hydrogen-bond acceptors (Lipinski definition) is 2. The zero-order chi connectivity index (χ0) is 9.42. The first-order chi connectivity index (χ1) is 6.24. The van der Waals surface area contributed by atoms with E-state index in [1.54, 1.807) is 10.7 Å². The molecule has 1 heterocycles. The first-order valence-electron chi connectivity index (χ1n) is 4.11. The Balaban J connectivity index is 2.92. The summed E-state index contributed by atoms with van der Waals surface area (Å²) in [6.07, 6.45) is 0.842. The van der Waals surface area contributed by atoms with Crippen LogP contribution in [0.15, 0.2) is 18.2 Å². The molecule has 3 heteroatoms. The Hall–Kier alpha value is -1.64. The molecule has 0 saturated carbocycles. The number of aldehydes is 1. The van der Waals surface area contributed by atoms with E-state index in [9.17, 15) is 4.79 Å². The molecule has 0 spiro atoms. The van der Waals surface area contributed by atoms with Crippen molar-refractivity contribution in [1.82, 2.24) is 9.78 Å². The van der Waals surface area contributed by atoms with E-state index < -0.39 is 0 Å². The third kappa shape index (κ3) is 1.04. The minimum absolute atomic E-state index is 0.654. The van der Waals surface area contributed by atoms with Crippen LogP contribution >= 0.6 is 0 Å². The molecule has 0 aliphatic rings. The third-order valence-corrected chi connectivity index (χ3v) is 2.32. The van der Waals surface area contributed by atoms with Crippen molar-refractivity contribution in [2.24, 2.45) is 7.05 Å². The number of aromatic nitrogens is 2. The predicted octanol–water partition coefficient (Wildman–Crippen LogP) is 1.69. The fourth-order valence-electron chi connectivity index (χ4n) is 1.46. The number of nitrogens with zero attached hydrogens (tertiary/aromatic N) is 2. The van der Waals surface area contributed by atoms with Gasteiger partial charge in [-0.1, -0.05) is 12.1 Å². The molecular formula is C10H10N2O. The van der Waals surface area contributed by atoms with Gasteiger partial charge in [0.05, 0.1) is 0 Å². The molecule has 0 atom stereocenters. The van der Waals surface area contributed by atoms with Crippen molar-refractivity contribution in [2.75, 3.05) is 0 Å². The van der Waals surface area contributed by atoms with Gasteiger partial charge < -0.3 is 0 Å². The van der Waals surface area contributed by atoms with E-state index in [-0.39, 0.29) is 0 Å². The van der Waals surface area contributed by atoms with Gasteiger partial charge >= 0.3 is 0 Å². The molecule has 2 aromatic rings. The molecule has 66 valence electrons. The Morgan fingerprint density at radius 1 is 1.46 bits per heavy atom. The first kappa shape index (κ1) is 7.98. The highest BCUT2D eigenvalue weighted by Gasteiger charge is 2.07. The van der Waals surface area contributed by atoms with Crippen molar-refractivity contribution in [3.8, 4) is 0 Å². The number of hydrogen-bond donors (Lipinski definition) is 0. The van der Waals surface area contributed by atoms with Crippen molar-refractivity contribution in [3.05, 3.63) is 29.5 Å². The van der Waals surface area contributed by atoms with Gasteiger partial charge in [-0.3, -0.25) is 9.48 Å². The van der Waals surface area contributed by atoms with Gasteiger partial charge in [-0.05, 0) is 13.0 Å². The lowest BCUT2D eigenvalue weighted by molar-refractivity contribution is 0.112. The van der Waals surface area contributed by atoms with Crippen LogP contribution in [0.25, 0.3) is 10.9 Å². The van der Waals surface area contributed by atoms with Gasteiger partial charge in [0.15, 0.2) is 6.29 Å². The van der Waals surface area contributed by atoms with Gasteiger partial charge in [-0.15, -0.1) is 0 Å². The number of rotatable bonds is 1. The molecule has 1 aromatic carbocycles. The molecule has 13 heavy (non-hydrogen) atoms. The van der Waals surface area contributed by atoms with Crippen LogP contribution in [-0.4, -0.2) is 16.1 Å². The fourth-order valence-corrected chi connectivity index (χ4v) is 1.46. The lowest BCUT2D eigenvalue weighted by Gasteiger charge is -1.91. The Morgan fingerprint density at radius 2 is 2.23 bits per heavy atom. The maximum Gasteiger partial charge on any atom is 0.152 e. The van der Waals surface area contributed by atoms with Crippen LogP contribution in [0.5, 0.6) is 0 Å². The molecule has 0 aliphatic carbocycles. The largest absolute Gasteiger partial charge is 0.298 e. The van der Waals surface area contributed by atoms with Crippen molar-refractivity contribution >= 4 is 17.2 Å². The Bertz CT molecular complexity index is 471. The summed E-state index contributed by atoms with van der Waals surface area (Å²) < 4.78 is 1.79. The highest BCUT2D eigenvalue weighted by molar-refractivity contribution is 5.96. The summed E-state index contributed by atoms with van der Waals surface area (Å²) >= 11 is 0. The SMILES string of the molecule is Cc1c2cccc(C=O)c2nn1C. The number of carbonyl (C=O) groups excluding carboxylic acids is 1. The van der Waals surface area contributed by atoms with Crippen molar-refractivity contribution in [3.63, 3.8) is 0 Å². The normalized spacial score (nSPS) is 10.6. The molecule has 0 bridgehead atoms. The molecule has 2 rings (SSSR count). The van der Waals surface area contributed by atoms with Gasteiger partial charge in [0.25, 0.3) is 0 Å². The zero-order valence-electron chi connectivity index (χ0n) is 7.61. The van der Waals surface area contributed by atoms with E-state index in [1.807, 2.05) is 26.1 Å². The van der Waals surface area contributed by atoms with Crippen LogP contribution in [0.1, 0.15) is 16.1 Å². The van der Waals surface area contributed by atoms with E-state index >= 15 is 0 Å². The van der Waals surface area contributed by atoms with Crippen LogP contribution < -0.4 is 0 Å². The number of benzene rings is 1. The molecule has 1 aromatic heterocycles. The Labute approximate surface area is 76.0 Å². The fraction of sp³-hybridized carbons (Fsp3) is 0.200. The number of fused-ring (bicyclic) bond motifs is 1. The van der Waals surface area contributed by atoms with E-state index in [0.29, 0.717) is 5.56 Å². The second-order valence-electron chi connectivity index (χ2n) is 3.07. The van der Waals surface area contributed by atoms with Gasteiger partial charge in [-0.25, -0.2) is 0 Å². The summed E-state index contributed by atoms with van der Waals surface area (Å²) in [5, 5.41) is 5.32.